The molecule has 0 unspecified atom stereocenters. The molecule has 13 heavy (non-hydrogen) atoms. The molecule has 0 aliphatic heterocycles. The standard InChI is InChI=1S/3C4H9.Al/c3*1-4(2)3;/h3*4H,1H2,2-3H3;/q;;;-1. The molecule has 0 N–H and O–H groups in total. The van der Waals surface area contributed by atoms with Gasteiger partial charge in [0.25, 0.3) is 0 Å². The second-order valence-electron chi connectivity index (χ2n) is 5.75. The van der Waals surface area contributed by atoms with E-state index >= 15 is 0 Å². The fraction of sp³-hybridized carbons (Fsp3) is 1.00. The number of rotatable bonds is 6. The van der Waals surface area contributed by atoms with Gasteiger partial charge in [-0.1, -0.05) is 59.3 Å². The Hall–Kier alpha value is 0.532. The van der Waals surface area contributed by atoms with Crippen LogP contribution in [-0.4, -0.2) is 14.1 Å². The van der Waals surface area contributed by atoms with Crippen molar-refractivity contribution in [3.05, 3.63) is 0 Å². The maximum Gasteiger partial charge on any atom is -0.0319 e. The van der Waals surface area contributed by atoms with Gasteiger partial charge >= 0.3 is 0 Å². The first-order valence-corrected chi connectivity index (χ1v) is 8.36. The van der Waals surface area contributed by atoms with Crippen LogP contribution in [0, 0.1) is 17.8 Å². The molecular weight excluding hydrogens is 171 g/mol. The molecule has 0 rings (SSSR count). The van der Waals surface area contributed by atoms with Crippen LogP contribution in [0.15, 0.2) is 0 Å². The van der Waals surface area contributed by atoms with Crippen LogP contribution in [0.5, 0.6) is 0 Å². The van der Waals surface area contributed by atoms with E-state index in [4.69, 9.17) is 0 Å². The van der Waals surface area contributed by atoms with Gasteiger partial charge in [-0.15, -0.1) is 0 Å². The van der Waals surface area contributed by atoms with Gasteiger partial charge in [0.2, 0.25) is 0 Å². The van der Waals surface area contributed by atoms with Crippen LogP contribution in [0.25, 0.3) is 0 Å². The topological polar surface area (TPSA) is 0 Å². The zero-order chi connectivity index (χ0) is 10.4. The average molecular weight is 198 g/mol. The highest BCUT2D eigenvalue weighted by molar-refractivity contribution is 6.58. The van der Waals surface area contributed by atoms with E-state index in [0.717, 1.165) is 17.8 Å². The highest BCUT2D eigenvalue weighted by Gasteiger charge is 2.06. The lowest BCUT2D eigenvalue weighted by Gasteiger charge is -2.30. The molecule has 0 nitrogen and oxygen atoms in total. The SMILES string of the molecule is CC(C)[CH2][Al-]([CH2]C(C)C)[CH2]C(C)C. The van der Waals surface area contributed by atoms with Gasteiger partial charge < -0.3 is 0 Å². The van der Waals surface area contributed by atoms with E-state index < -0.39 is 14.1 Å². The lowest BCUT2D eigenvalue weighted by atomic mass is 10.2. The van der Waals surface area contributed by atoms with Gasteiger partial charge in [-0.2, -0.15) is 0 Å². The van der Waals surface area contributed by atoms with Gasteiger partial charge in [0.05, 0.1) is 0 Å². The molecule has 0 bridgehead atoms. The van der Waals surface area contributed by atoms with Crippen molar-refractivity contribution in [1.82, 2.24) is 0 Å². The molecule has 1 radical (unpaired) electrons. The van der Waals surface area contributed by atoms with E-state index in [1.165, 1.54) is 0 Å². The Bertz CT molecular complexity index is 92.5. The van der Waals surface area contributed by atoms with Crippen molar-refractivity contribution in [2.45, 2.75) is 57.4 Å². The molecule has 0 saturated carbocycles. The summed E-state index contributed by atoms with van der Waals surface area (Å²) in [4.78, 5) is 0. The maximum atomic E-state index is 2.38. The van der Waals surface area contributed by atoms with Gasteiger partial charge in [0.1, 0.15) is 0 Å². The molecule has 0 fully saturated rings. The van der Waals surface area contributed by atoms with Crippen molar-refractivity contribution in [3.8, 4) is 0 Å². The van der Waals surface area contributed by atoms with E-state index in [9.17, 15) is 0 Å². The Morgan fingerprint density at radius 3 is 1.00 bits per heavy atom. The molecular formula is C12H27Al-. The fourth-order valence-electron chi connectivity index (χ4n) is 2.29. The number of hydrogen-bond donors (Lipinski definition) is 0. The van der Waals surface area contributed by atoms with Gasteiger partial charge in [-0.05, 0) is 14.1 Å². The summed E-state index contributed by atoms with van der Waals surface area (Å²) in [6, 6.07) is 0. The molecule has 0 amide bonds. The molecule has 1 heteroatoms. The molecule has 0 aromatic rings. The summed E-state index contributed by atoms with van der Waals surface area (Å²) in [6.07, 6.45) is 0. The highest BCUT2D eigenvalue weighted by Crippen LogP contribution is 2.20. The first-order valence-electron chi connectivity index (χ1n) is 5.91. The smallest absolute Gasteiger partial charge is 0.0319 e. The Balaban J connectivity index is 3.87. The van der Waals surface area contributed by atoms with Crippen molar-refractivity contribution < 1.29 is 0 Å². The molecule has 0 aliphatic rings. The van der Waals surface area contributed by atoms with Crippen LogP contribution >= 0.6 is 0 Å². The molecule has 79 valence electrons. The highest BCUT2D eigenvalue weighted by atomic mass is 27.2. The van der Waals surface area contributed by atoms with Crippen LogP contribution in [-0.2, 0) is 0 Å². The summed E-state index contributed by atoms with van der Waals surface area (Å²) in [5.74, 6) is 2.78. The van der Waals surface area contributed by atoms with Gasteiger partial charge in [0, 0.05) is 0 Å². The van der Waals surface area contributed by atoms with E-state index in [2.05, 4.69) is 41.5 Å². The van der Waals surface area contributed by atoms with Crippen LogP contribution in [0.3, 0.4) is 0 Å². The third-order valence-corrected chi connectivity index (χ3v) is 7.24. The largest absolute Gasteiger partial charge is 0.220 e. The van der Waals surface area contributed by atoms with Crippen molar-refractivity contribution in [1.29, 1.82) is 0 Å². The fourth-order valence-corrected chi connectivity index (χ4v) is 6.87. The molecule has 0 heterocycles. The molecule has 0 aromatic heterocycles. The predicted octanol–water partition coefficient (Wildman–Crippen LogP) is 4.45. The molecule has 0 atom stereocenters. The zero-order valence-corrected chi connectivity index (χ0v) is 11.6. The van der Waals surface area contributed by atoms with Crippen LogP contribution in [0.4, 0.5) is 0 Å². The van der Waals surface area contributed by atoms with Crippen molar-refractivity contribution in [2.75, 3.05) is 0 Å². The average Bonchev–Trinajstić information content (AvgIpc) is 1.80. The first-order chi connectivity index (χ1) is 5.91. The minimum atomic E-state index is -0.407. The Labute approximate surface area is 89.5 Å². The summed E-state index contributed by atoms with van der Waals surface area (Å²) in [6.45, 7) is 14.3. The van der Waals surface area contributed by atoms with Gasteiger partial charge in [0.15, 0.2) is 0 Å². The number of hydrogen-bond acceptors (Lipinski definition) is 0. The Kier molecular flexibility index (Phi) is 7.19. The van der Waals surface area contributed by atoms with E-state index in [1.54, 1.807) is 15.8 Å². The quantitative estimate of drug-likeness (QED) is 0.553. The van der Waals surface area contributed by atoms with Crippen molar-refractivity contribution >= 4 is 14.1 Å². The van der Waals surface area contributed by atoms with E-state index in [-0.39, 0.29) is 0 Å². The lowest BCUT2D eigenvalue weighted by Crippen LogP contribution is -2.19. The van der Waals surface area contributed by atoms with Crippen molar-refractivity contribution in [3.63, 3.8) is 0 Å². The summed E-state index contributed by atoms with van der Waals surface area (Å²) >= 11 is -0.407. The molecule has 0 saturated heterocycles. The minimum Gasteiger partial charge on any atom is -0.220 e. The normalized spacial score (nSPS) is 12.5. The summed E-state index contributed by atoms with van der Waals surface area (Å²) in [5, 5.41) is 4.66. The first kappa shape index (κ1) is 13.5. The van der Waals surface area contributed by atoms with Crippen molar-refractivity contribution in [2.24, 2.45) is 17.8 Å². The third-order valence-electron chi connectivity index (χ3n) is 2.41. The lowest BCUT2D eigenvalue weighted by molar-refractivity contribution is 0.659. The van der Waals surface area contributed by atoms with E-state index in [1.807, 2.05) is 0 Å². The van der Waals surface area contributed by atoms with E-state index in [0.29, 0.717) is 0 Å². The van der Waals surface area contributed by atoms with Crippen LogP contribution in [0.2, 0.25) is 15.8 Å². The molecule has 0 aliphatic carbocycles. The van der Waals surface area contributed by atoms with Gasteiger partial charge in [-0.3, -0.25) is 0 Å². The molecule has 0 aromatic carbocycles. The summed E-state index contributed by atoms with van der Waals surface area (Å²) < 4.78 is 0. The van der Waals surface area contributed by atoms with Gasteiger partial charge in [-0.25, -0.2) is 15.8 Å². The third kappa shape index (κ3) is 8.85. The summed E-state index contributed by atoms with van der Waals surface area (Å²) in [7, 11) is 0. The van der Waals surface area contributed by atoms with Crippen LogP contribution in [0.1, 0.15) is 41.5 Å². The predicted molar refractivity (Wildman–Crippen MR) is 64.7 cm³/mol. The zero-order valence-electron chi connectivity index (χ0n) is 10.4. The second-order valence-corrected chi connectivity index (χ2v) is 8.90. The Morgan fingerprint density at radius 2 is 0.846 bits per heavy atom. The molecule has 0 spiro atoms. The minimum absolute atomic E-state index is 0.407. The monoisotopic (exact) mass is 198 g/mol. The maximum absolute atomic E-state index is 2.38. The summed E-state index contributed by atoms with van der Waals surface area (Å²) in [5.41, 5.74) is 0. The second kappa shape index (κ2) is 6.91. The Morgan fingerprint density at radius 1 is 0.615 bits per heavy atom. The van der Waals surface area contributed by atoms with Crippen LogP contribution < -0.4 is 0 Å².